The lowest BCUT2D eigenvalue weighted by Gasteiger charge is -2.41. The molecule has 0 heterocycles. The second-order valence-corrected chi connectivity index (χ2v) is 22.8. The molecule has 0 radical (unpaired) electrons. The summed E-state index contributed by atoms with van der Waals surface area (Å²) >= 11 is 0. The monoisotopic (exact) mass is 416 g/mol. The maximum atomic E-state index is 12.7. The zero-order chi connectivity index (χ0) is 19.4. The number of alkyl halides is 3. The maximum absolute atomic E-state index is 12.7. The van der Waals surface area contributed by atoms with Crippen LogP contribution in [0.5, 0.6) is 0 Å². The summed E-state index contributed by atoms with van der Waals surface area (Å²) in [6.07, 6.45) is -5.15. The fourth-order valence-corrected chi connectivity index (χ4v) is 19.3. The highest BCUT2D eigenvalue weighted by molar-refractivity contribution is 6.91. The van der Waals surface area contributed by atoms with Crippen LogP contribution in [0.1, 0.15) is 6.42 Å². The van der Waals surface area contributed by atoms with Gasteiger partial charge < -0.3 is 12.3 Å². The van der Waals surface area contributed by atoms with Crippen molar-refractivity contribution >= 4 is 33.8 Å². The van der Waals surface area contributed by atoms with Gasteiger partial charge in [-0.2, -0.15) is 13.2 Å². The first-order chi connectivity index (χ1) is 10.4. The van der Waals surface area contributed by atoms with E-state index in [1.807, 2.05) is 39.3 Å². The van der Waals surface area contributed by atoms with Crippen molar-refractivity contribution in [2.75, 3.05) is 0 Å². The second kappa shape index (κ2) is 8.14. The van der Waals surface area contributed by atoms with E-state index in [9.17, 15) is 13.2 Å². The van der Waals surface area contributed by atoms with Crippen molar-refractivity contribution in [3.8, 4) is 0 Å². The molecule has 0 saturated carbocycles. The predicted molar refractivity (Wildman–Crippen MR) is 103 cm³/mol. The van der Waals surface area contributed by atoms with Gasteiger partial charge in [0.2, 0.25) is 0 Å². The molecular formula is C14H31F3O3Si4. The van der Waals surface area contributed by atoms with Crippen LogP contribution in [0.15, 0.2) is 24.6 Å². The number of rotatable bonds is 10. The van der Waals surface area contributed by atoms with E-state index in [-0.39, 0.29) is 6.04 Å². The van der Waals surface area contributed by atoms with E-state index in [2.05, 4.69) is 13.2 Å². The van der Waals surface area contributed by atoms with Crippen molar-refractivity contribution in [1.29, 1.82) is 0 Å². The van der Waals surface area contributed by atoms with Gasteiger partial charge in [-0.15, -0.1) is 13.2 Å². The lowest BCUT2D eigenvalue weighted by Crippen LogP contribution is -2.57. The summed E-state index contributed by atoms with van der Waals surface area (Å²) in [5.74, 6) is 0. The lowest BCUT2D eigenvalue weighted by atomic mass is 10.5. The Labute approximate surface area is 148 Å². The number of halogens is 3. The van der Waals surface area contributed by atoms with E-state index in [0.717, 1.165) is 0 Å². The van der Waals surface area contributed by atoms with E-state index in [1.165, 1.54) is 0 Å². The molecule has 0 aromatic heterocycles. The third kappa shape index (κ3) is 10.1. The molecule has 1 unspecified atom stereocenters. The van der Waals surface area contributed by atoms with Gasteiger partial charge >= 0.3 is 23.3 Å². The van der Waals surface area contributed by atoms with Crippen molar-refractivity contribution in [3.05, 3.63) is 24.6 Å². The molecule has 0 aromatic carbocycles. The molecular weight excluding hydrogens is 385 g/mol. The van der Waals surface area contributed by atoms with Crippen molar-refractivity contribution in [2.24, 2.45) is 0 Å². The van der Waals surface area contributed by atoms with Crippen molar-refractivity contribution in [3.63, 3.8) is 0 Å². The minimum absolute atomic E-state index is 0.142. The maximum Gasteiger partial charge on any atom is 0.389 e. The molecule has 0 saturated heterocycles. The summed E-state index contributed by atoms with van der Waals surface area (Å²) in [6.45, 7) is 20.7. The van der Waals surface area contributed by atoms with Gasteiger partial charge in [-0.25, -0.2) is 0 Å². The van der Waals surface area contributed by atoms with E-state index in [4.69, 9.17) is 12.3 Å². The summed E-state index contributed by atoms with van der Waals surface area (Å²) in [7, 11) is -10.1. The molecule has 0 spiro atoms. The molecule has 0 aromatic rings. The Kier molecular flexibility index (Phi) is 8.15. The van der Waals surface area contributed by atoms with Gasteiger partial charge in [-0.05, 0) is 51.9 Å². The van der Waals surface area contributed by atoms with Crippen LogP contribution in [-0.4, -0.2) is 39.9 Å². The largest absolute Gasteiger partial charge is 0.433 e. The van der Waals surface area contributed by atoms with Gasteiger partial charge in [0.15, 0.2) is 16.6 Å². The minimum Gasteiger partial charge on any atom is -0.433 e. The Morgan fingerprint density at radius 1 is 0.792 bits per heavy atom. The Hall–Kier alpha value is 0.0175. The van der Waals surface area contributed by atoms with Gasteiger partial charge in [0.1, 0.15) is 0 Å². The van der Waals surface area contributed by atoms with Crippen LogP contribution in [-0.2, 0) is 12.3 Å². The predicted octanol–water partition coefficient (Wildman–Crippen LogP) is 5.62. The Bertz CT molecular complexity index is 453. The molecule has 24 heavy (non-hydrogen) atoms. The number of hydrogen-bond acceptors (Lipinski definition) is 3. The molecule has 0 aliphatic rings. The molecule has 142 valence electrons. The molecule has 10 heteroatoms. The Morgan fingerprint density at radius 2 is 1.21 bits per heavy atom. The molecule has 0 fully saturated rings. The zero-order valence-corrected chi connectivity index (χ0v) is 19.8. The van der Waals surface area contributed by atoms with E-state index >= 15 is 0 Å². The molecule has 0 amide bonds. The molecule has 1 atom stereocenters. The first kappa shape index (κ1) is 24.0. The van der Waals surface area contributed by atoms with E-state index < -0.39 is 46.4 Å². The molecule has 0 rings (SSSR count). The Morgan fingerprint density at radius 3 is 1.58 bits per heavy atom. The molecule has 0 aliphatic carbocycles. The van der Waals surface area contributed by atoms with Gasteiger partial charge in [0, 0.05) is 6.42 Å². The standard InChI is InChI=1S/C14H31F3O3Si4/c1-10-21(3,4)18-23(7,8)20-24(9,13-12-14(15,16)17)19-22(5,6)11-2/h10-11H,1-2,12-13H2,3-9H3. The van der Waals surface area contributed by atoms with E-state index in [1.54, 1.807) is 17.9 Å². The summed E-state index contributed by atoms with van der Waals surface area (Å²) < 4.78 is 56.7. The lowest BCUT2D eigenvalue weighted by molar-refractivity contribution is -0.131. The van der Waals surface area contributed by atoms with Crippen LogP contribution in [0, 0.1) is 0 Å². The fraction of sp³-hybridized carbons (Fsp3) is 0.714. The third-order valence-corrected chi connectivity index (χ3v) is 18.0. The van der Waals surface area contributed by atoms with Crippen molar-refractivity contribution in [2.45, 2.75) is 64.5 Å². The third-order valence-electron chi connectivity index (χ3n) is 3.30. The average Bonchev–Trinajstić information content (AvgIpc) is 2.33. The quantitative estimate of drug-likeness (QED) is 0.432. The smallest absolute Gasteiger partial charge is 0.389 e. The van der Waals surface area contributed by atoms with Crippen LogP contribution in [0.2, 0.25) is 51.9 Å². The van der Waals surface area contributed by atoms with Gasteiger partial charge in [-0.3, -0.25) is 0 Å². The summed E-state index contributed by atoms with van der Waals surface area (Å²) in [5, 5.41) is 0. The van der Waals surface area contributed by atoms with Crippen LogP contribution in [0.3, 0.4) is 0 Å². The van der Waals surface area contributed by atoms with Crippen LogP contribution in [0.25, 0.3) is 0 Å². The highest BCUT2D eigenvalue weighted by atomic mass is 28.5. The topological polar surface area (TPSA) is 27.7 Å². The second-order valence-electron chi connectivity index (χ2n) is 7.57. The Balaban J connectivity index is 5.38. The molecule has 0 bridgehead atoms. The summed E-state index contributed by atoms with van der Waals surface area (Å²) in [5.41, 5.74) is 3.51. The highest BCUT2D eigenvalue weighted by Crippen LogP contribution is 2.32. The molecule has 3 nitrogen and oxygen atoms in total. The first-order valence-electron chi connectivity index (χ1n) is 7.89. The van der Waals surface area contributed by atoms with Crippen molar-refractivity contribution < 1.29 is 25.5 Å². The van der Waals surface area contributed by atoms with Gasteiger partial charge in [0.05, 0.1) is 0 Å². The number of hydrogen-bond donors (Lipinski definition) is 0. The SMILES string of the molecule is C=C[Si](C)(C)O[Si](C)(C)O[Si](C)(CCC(F)(F)F)O[Si](C)(C)C=C. The summed E-state index contributed by atoms with van der Waals surface area (Å²) in [4.78, 5) is 0. The summed E-state index contributed by atoms with van der Waals surface area (Å²) in [6, 6.07) is -0.142. The van der Waals surface area contributed by atoms with Crippen molar-refractivity contribution in [1.82, 2.24) is 0 Å². The minimum atomic E-state index is -4.23. The van der Waals surface area contributed by atoms with Crippen LogP contribution >= 0.6 is 0 Å². The van der Waals surface area contributed by atoms with Gasteiger partial charge in [0.25, 0.3) is 0 Å². The van der Waals surface area contributed by atoms with Crippen LogP contribution in [0.4, 0.5) is 13.2 Å². The normalized spacial score (nSPS) is 16.6. The molecule has 0 N–H and O–H groups in total. The molecule has 0 aliphatic heterocycles. The highest BCUT2D eigenvalue weighted by Gasteiger charge is 2.46. The van der Waals surface area contributed by atoms with Gasteiger partial charge in [-0.1, -0.05) is 11.4 Å². The van der Waals surface area contributed by atoms with E-state index in [0.29, 0.717) is 0 Å². The first-order valence-corrected chi connectivity index (χ1v) is 19.2. The average molecular weight is 417 g/mol. The van der Waals surface area contributed by atoms with Crippen LogP contribution < -0.4 is 0 Å². The zero-order valence-electron chi connectivity index (χ0n) is 15.8. The fourth-order valence-electron chi connectivity index (χ4n) is 2.31.